The summed E-state index contributed by atoms with van der Waals surface area (Å²) in [5.41, 5.74) is 3.44. The molecule has 0 amide bonds. The fourth-order valence-electron chi connectivity index (χ4n) is 5.34. The van der Waals surface area contributed by atoms with Crippen LogP contribution in [0.25, 0.3) is 11.1 Å². The van der Waals surface area contributed by atoms with Crippen LogP contribution in [0, 0.1) is 23.4 Å². The van der Waals surface area contributed by atoms with Gasteiger partial charge in [-0.05, 0) is 78.3 Å². The average Bonchev–Trinajstić information content (AvgIpc) is 2.91. The number of hydrogen-bond acceptors (Lipinski definition) is 1. The lowest BCUT2D eigenvalue weighted by atomic mass is 9.79. The Bertz CT molecular complexity index is 1150. The minimum absolute atomic E-state index is 0.110. The van der Waals surface area contributed by atoms with E-state index in [9.17, 15) is 8.78 Å². The Labute approximate surface area is 220 Å². The van der Waals surface area contributed by atoms with Gasteiger partial charge in [-0.3, -0.25) is 0 Å². The summed E-state index contributed by atoms with van der Waals surface area (Å²) in [5.74, 6) is -0.698. The molecule has 1 fully saturated rings. The first kappa shape index (κ1) is 27.3. The molecule has 0 heterocycles. The van der Waals surface area contributed by atoms with Crippen molar-refractivity contribution in [3.05, 3.63) is 88.7 Å². The molecule has 3 aromatic carbocycles. The number of ether oxygens (including phenoxy) is 1. The molecule has 1 nitrogen and oxygen atoms in total. The van der Waals surface area contributed by atoms with Crippen molar-refractivity contribution >= 4 is 0 Å². The lowest BCUT2D eigenvalue weighted by Gasteiger charge is -2.27. The normalized spacial score (nSPS) is 17.6. The van der Waals surface area contributed by atoms with Gasteiger partial charge in [-0.15, -0.1) is 0 Å². The first-order valence-electron chi connectivity index (χ1n) is 13.9. The molecule has 0 unspecified atom stereocenters. The van der Waals surface area contributed by atoms with Crippen molar-refractivity contribution in [2.75, 3.05) is 6.61 Å². The average molecular weight is 509 g/mol. The third kappa shape index (κ3) is 7.18. The molecule has 37 heavy (non-hydrogen) atoms. The molecule has 0 radical (unpaired) electrons. The maximum atomic E-state index is 15.0. The van der Waals surface area contributed by atoms with Gasteiger partial charge < -0.3 is 4.74 Å². The SMILES string of the molecule is CCCCCCOc1ccc(CCc2ccc(-c3ccc(C4CCC(C)CC4)c(F)c3F)cc2)cc1F. The smallest absolute Gasteiger partial charge is 0.166 e. The molecule has 1 aliphatic rings. The molecule has 3 aromatic rings. The Balaban J connectivity index is 1.34. The van der Waals surface area contributed by atoms with Gasteiger partial charge in [0.25, 0.3) is 0 Å². The summed E-state index contributed by atoms with van der Waals surface area (Å²) in [4.78, 5) is 0. The van der Waals surface area contributed by atoms with Crippen LogP contribution in [0.2, 0.25) is 0 Å². The van der Waals surface area contributed by atoms with Crippen molar-refractivity contribution in [2.45, 2.75) is 84.0 Å². The van der Waals surface area contributed by atoms with Gasteiger partial charge in [0.1, 0.15) is 0 Å². The molecule has 198 valence electrons. The molecule has 0 N–H and O–H groups in total. The van der Waals surface area contributed by atoms with Crippen molar-refractivity contribution in [1.82, 2.24) is 0 Å². The van der Waals surface area contributed by atoms with E-state index in [1.165, 1.54) is 6.42 Å². The summed E-state index contributed by atoms with van der Waals surface area (Å²) in [6.07, 6.45) is 9.76. The van der Waals surface area contributed by atoms with E-state index in [0.717, 1.165) is 62.5 Å². The van der Waals surface area contributed by atoms with E-state index in [2.05, 4.69) is 13.8 Å². The van der Waals surface area contributed by atoms with Crippen LogP contribution in [-0.4, -0.2) is 6.61 Å². The molecule has 0 saturated heterocycles. The van der Waals surface area contributed by atoms with Gasteiger partial charge in [-0.25, -0.2) is 13.2 Å². The third-order valence-electron chi connectivity index (χ3n) is 7.79. The van der Waals surface area contributed by atoms with Gasteiger partial charge in [0.05, 0.1) is 6.61 Å². The maximum Gasteiger partial charge on any atom is 0.166 e. The van der Waals surface area contributed by atoms with Gasteiger partial charge >= 0.3 is 0 Å². The number of unbranched alkanes of at least 4 members (excludes halogenated alkanes) is 3. The van der Waals surface area contributed by atoms with Crippen molar-refractivity contribution in [3.8, 4) is 16.9 Å². The summed E-state index contributed by atoms with van der Waals surface area (Å²) < 4.78 is 50.0. The van der Waals surface area contributed by atoms with Crippen molar-refractivity contribution in [1.29, 1.82) is 0 Å². The van der Waals surface area contributed by atoms with E-state index in [1.807, 2.05) is 30.3 Å². The molecule has 0 bridgehead atoms. The predicted molar refractivity (Wildman–Crippen MR) is 146 cm³/mol. The lowest BCUT2D eigenvalue weighted by molar-refractivity contribution is 0.290. The Morgan fingerprint density at radius 3 is 2.16 bits per heavy atom. The van der Waals surface area contributed by atoms with Crippen LogP contribution in [0.3, 0.4) is 0 Å². The van der Waals surface area contributed by atoms with Gasteiger partial charge in [0.2, 0.25) is 0 Å². The summed E-state index contributed by atoms with van der Waals surface area (Å²) in [6, 6.07) is 16.2. The fourth-order valence-corrected chi connectivity index (χ4v) is 5.34. The molecule has 4 heteroatoms. The van der Waals surface area contributed by atoms with Crippen molar-refractivity contribution < 1.29 is 17.9 Å². The van der Waals surface area contributed by atoms with Crippen LogP contribution in [0.15, 0.2) is 54.6 Å². The van der Waals surface area contributed by atoms with Crippen LogP contribution < -0.4 is 4.74 Å². The van der Waals surface area contributed by atoms with Crippen LogP contribution in [0.1, 0.15) is 87.8 Å². The number of benzene rings is 3. The van der Waals surface area contributed by atoms with Crippen LogP contribution in [-0.2, 0) is 12.8 Å². The molecule has 4 rings (SSSR count). The minimum atomic E-state index is -0.757. The van der Waals surface area contributed by atoms with E-state index in [4.69, 9.17) is 4.74 Å². The summed E-state index contributed by atoms with van der Waals surface area (Å²) >= 11 is 0. The van der Waals surface area contributed by atoms with E-state index >= 15 is 4.39 Å². The highest BCUT2D eigenvalue weighted by Crippen LogP contribution is 2.38. The molecule has 0 spiro atoms. The molecule has 1 saturated carbocycles. The van der Waals surface area contributed by atoms with Gasteiger partial charge in [-0.2, -0.15) is 0 Å². The molecule has 0 aromatic heterocycles. The van der Waals surface area contributed by atoms with Gasteiger partial charge in [-0.1, -0.05) is 88.4 Å². The van der Waals surface area contributed by atoms with Crippen molar-refractivity contribution in [2.24, 2.45) is 5.92 Å². The van der Waals surface area contributed by atoms with E-state index in [1.54, 1.807) is 24.3 Å². The van der Waals surface area contributed by atoms with Gasteiger partial charge in [0, 0.05) is 5.56 Å². The number of rotatable bonds is 11. The van der Waals surface area contributed by atoms with E-state index < -0.39 is 11.6 Å². The first-order valence-corrected chi connectivity index (χ1v) is 13.9. The van der Waals surface area contributed by atoms with Crippen LogP contribution >= 0.6 is 0 Å². The Hall–Kier alpha value is -2.75. The summed E-state index contributed by atoms with van der Waals surface area (Å²) in [5, 5.41) is 0. The standard InChI is InChI=1S/C33H39F3O/c1-3-4-5-6-21-37-31-20-13-25(22-30(31)34)10-9-24-11-16-27(17-12-24)29-19-18-28(32(35)33(29)36)26-14-7-23(2)8-15-26/h11-13,16-20,22-23,26H,3-10,14-15,21H2,1-2H3. The maximum absolute atomic E-state index is 15.0. The highest BCUT2D eigenvalue weighted by atomic mass is 19.2. The Kier molecular flexibility index (Phi) is 9.71. The molecule has 1 aliphatic carbocycles. The zero-order valence-corrected chi connectivity index (χ0v) is 22.2. The monoisotopic (exact) mass is 508 g/mol. The van der Waals surface area contributed by atoms with Gasteiger partial charge in [0.15, 0.2) is 23.2 Å². The highest BCUT2D eigenvalue weighted by Gasteiger charge is 2.25. The largest absolute Gasteiger partial charge is 0.491 e. The summed E-state index contributed by atoms with van der Waals surface area (Å²) in [6.45, 7) is 4.92. The Morgan fingerprint density at radius 2 is 1.46 bits per heavy atom. The number of halogens is 3. The quantitative estimate of drug-likeness (QED) is 0.234. The van der Waals surface area contributed by atoms with Crippen molar-refractivity contribution in [3.63, 3.8) is 0 Å². The van der Waals surface area contributed by atoms with E-state index in [-0.39, 0.29) is 11.7 Å². The predicted octanol–water partition coefficient (Wildman–Crippen LogP) is 9.81. The number of hydrogen-bond donors (Lipinski definition) is 0. The van der Waals surface area contributed by atoms with Crippen LogP contribution in [0.5, 0.6) is 5.75 Å². The fraction of sp³-hybridized carbons (Fsp3) is 0.455. The van der Waals surface area contributed by atoms with Crippen LogP contribution in [0.4, 0.5) is 13.2 Å². The highest BCUT2D eigenvalue weighted by molar-refractivity contribution is 5.65. The molecular weight excluding hydrogens is 469 g/mol. The third-order valence-corrected chi connectivity index (χ3v) is 7.79. The zero-order valence-electron chi connectivity index (χ0n) is 22.2. The Morgan fingerprint density at radius 1 is 0.757 bits per heavy atom. The summed E-state index contributed by atoms with van der Waals surface area (Å²) in [7, 11) is 0. The molecular formula is C33H39F3O. The molecule has 0 atom stereocenters. The molecule has 0 aliphatic heterocycles. The number of aryl methyl sites for hydroxylation is 2. The topological polar surface area (TPSA) is 9.23 Å². The second-order valence-electron chi connectivity index (χ2n) is 10.7. The first-order chi connectivity index (χ1) is 18.0. The second-order valence-corrected chi connectivity index (χ2v) is 10.7. The lowest BCUT2D eigenvalue weighted by Crippen LogP contribution is -2.13. The minimum Gasteiger partial charge on any atom is -0.491 e. The zero-order chi connectivity index (χ0) is 26.2. The van der Waals surface area contributed by atoms with E-state index in [0.29, 0.717) is 41.4 Å². The second kappa shape index (κ2) is 13.2.